The summed E-state index contributed by atoms with van der Waals surface area (Å²) in [4.78, 5) is 48.5. The highest BCUT2D eigenvalue weighted by Crippen LogP contribution is 2.57. The van der Waals surface area contributed by atoms with Crippen LogP contribution in [0.3, 0.4) is 0 Å². The van der Waals surface area contributed by atoms with E-state index in [1.54, 1.807) is 6.92 Å². The van der Waals surface area contributed by atoms with E-state index in [9.17, 15) is 23.9 Å². The summed E-state index contributed by atoms with van der Waals surface area (Å²) in [5, 5.41) is 10.5. The van der Waals surface area contributed by atoms with Gasteiger partial charge in [-0.25, -0.2) is 14.1 Å². The van der Waals surface area contributed by atoms with Crippen LogP contribution in [0.4, 0.5) is 5.95 Å². The molecule has 3 rings (SSSR count). The number of aliphatic hydroxyl groups excluding tert-OH is 1. The minimum atomic E-state index is -5.26. The van der Waals surface area contributed by atoms with Gasteiger partial charge in [0.05, 0.1) is 19.0 Å². The molecule has 2 aromatic heterocycles. The monoisotopic (exact) mass is 441 g/mol. The Bertz CT molecular complexity index is 1030. The van der Waals surface area contributed by atoms with E-state index in [-0.39, 0.29) is 17.1 Å². The molecule has 7 N–H and O–H groups in total. The van der Waals surface area contributed by atoms with Gasteiger partial charge in [0.15, 0.2) is 17.4 Å². The van der Waals surface area contributed by atoms with E-state index in [1.807, 2.05) is 0 Å². The highest BCUT2D eigenvalue weighted by atomic mass is 31.3. The van der Waals surface area contributed by atoms with Crippen LogP contribution in [0.5, 0.6) is 0 Å². The maximum atomic E-state index is 11.9. The number of nitrogens with zero attached hydrogens (tertiary/aromatic N) is 3. The van der Waals surface area contributed by atoms with Crippen molar-refractivity contribution in [3.63, 3.8) is 0 Å². The lowest BCUT2D eigenvalue weighted by Crippen LogP contribution is -2.26. The van der Waals surface area contributed by atoms with Crippen molar-refractivity contribution < 1.29 is 42.5 Å². The standard InChI is InChI=1S/C11H17N5O10P2/c1-4-5(2-24-28(22,23)26-27(19,20)21)25-10(7(4)17)16-3-13-6-8(16)14-11(12)15-9(6)18/h3-5,7,10,17H,2H2,1H3,(H,22,23)(H2,19,20,21)(H3,12,14,15,18)/t4-,5-,7-,10-/m1/s1. The molecule has 0 saturated carbocycles. The second kappa shape index (κ2) is 7.30. The van der Waals surface area contributed by atoms with Crippen LogP contribution in [0.2, 0.25) is 0 Å². The summed E-state index contributed by atoms with van der Waals surface area (Å²) in [7, 11) is -10.3. The van der Waals surface area contributed by atoms with Gasteiger partial charge in [0.2, 0.25) is 5.95 Å². The molecule has 1 fully saturated rings. The third-order valence-electron chi connectivity index (χ3n) is 4.07. The number of ether oxygens (including phenoxy) is 1. The molecule has 0 amide bonds. The predicted octanol–water partition coefficient (Wildman–Crippen LogP) is -1.18. The Balaban J connectivity index is 1.79. The van der Waals surface area contributed by atoms with Gasteiger partial charge in [0, 0.05) is 5.92 Å². The first-order chi connectivity index (χ1) is 12.9. The largest absolute Gasteiger partial charge is 0.481 e. The van der Waals surface area contributed by atoms with E-state index in [0.717, 1.165) is 0 Å². The number of aliphatic hydroxyl groups is 1. The number of anilines is 1. The van der Waals surface area contributed by atoms with E-state index in [1.165, 1.54) is 10.9 Å². The fourth-order valence-corrected chi connectivity index (χ4v) is 4.34. The van der Waals surface area contributed by atoms with Crippen molar-refractivity contribution in [2.45, 2.75) is 25.4 Å². The first kappa shape index (κ1) is 21.0. The number of hydrogen-bond donors (Lipinski definition) is 6. The number of H-pyrrole nitrogens is 1. The molecule has 17 heteroatoms. The summed E-state index contributed by atoms with van der Waals surface area (Å²) in [5.74, 6) is -0.813. The molecule has 5 atom stereocenters. The number of fused-ring (bicyclic) bond motifs is 1. The number of phosphoric acid groups is 2. The first-order valence-electron chi connectivity index (χ1n) is 7.68. The number of rotatable bonds is 6. The second-order valence-electron chi connectivity index (χ2n) is 6.03. The van der Waals surface area contributed by atoms with E-state index in [2.05, 4.69) is 23.8 Å². The van der Waals surface area contributed by atoms with Crippen molar-refractivity contribution in [3.05, 3.63) is 16.7 Å². The normalized spacial score (nSPS) is 27.9. The quantitative estimate of drug-likeness (QED) is 0.290. The summed E-state index contributed by atoms with van der Waals surface area (Å²) in [6, 6.07) is 0. The Hall–Kier alpha value is -1.67. The maximum absolute atomic E-state index is 11.9. The van der Waals surface area contributed by atoms with Gasteiger partial charge in [0.25, 0.3) is 5.56 Å². The Kier molecular flexibility index (Phi) is 5.49. The zero-order valence-electron chi connectivity index (χ0n) is 14.1. The molecule has 0 radical (unpaired) electrons. The van der Waals surface area contributed by atoms with Gasteiger partial charge in [-0.1, -0.05) is 6.92 Å². The van der Waals surface area contributed by atoms with E-state index in [4.69, 9.17) is 20.3 Å². The molecule has 0 aliphatic carbocycles. The fourth-order valence-electron chi connectivity index (χ4n) is 2.74. The SMILES string of the molecule is C[C@H]1[C@@H](O)[C@H](n2cnc3c(=O)[nH]c(N)nc32)O[C@@H]1COP(=O)(O)OP(=O)(O)O. The van der Waals surface area contributed by atoms with Crippen LogP contribution >= 0.6 is 15.6 Å². The minimum absolute atomic E-state index is 0.0349. The van der Waals surface area contributed by atoms with Crippen LogP contribution in [0, 0.1) is 5.92 Å². The Morgan fingerprint density at radius 1 is 1.39 bits per heavy atom. The molecule has 1 aliphatic rings. The fraction of sp³-hybridized carbons (Fsp3) is 0.545. The summed E-state index contributed by atoms with van der Waals surface area (Å²) >= 11 is 0. The molecule has 28 heavy (non-hydrogen) atoms. The van der Waals surface area contributed by atoms with Gasteiger partial charge in [0.1, 0.15) is 6.10 Å². The molecule has 156 valence electrons. The summed E-state index contributed by atoms with van der Waals surface area (Å²) in [6.07, 6.45) is -1.99. The zero-order chi connectivity index (χ0) is 20.9. The first-order valence-corrected chi connectivity index (χ1v) is 10.7. The topological polar surface area (TPSA) is 232 Å². The van der Waals surface area contributed by atoms with Crippen molar-refractivity contribution in [2.24, 2.45) is 5.92 Å². The third-order valence-corrected chi connectivity index (χ3v) is 6.22. The molecular formula is C11H17N5O10P2. The van der Waals surface area contributed by atoms with Gasteiger partial charge in [-0.15, -0.1) is 0 Å². The maximum Gasteiger partial charge on any atom is 0.481 e. The number of phosphoric ester groups is 1. The van der Waals surface area contributed by atoms with Crippen LogP contribution in [-0.2, 0) is 22.7 Å². The number of imidazole rings is 1. The van der Waals surface area contributed by atoms with Gasteiger partial charge in [-0.2, -0.15) is 9.29 Å². The predicted molar refractivity (Wildman–Crippen MR) is 90.5 cm³/mol. The van der Waals surface area contributed by atoms with E-state index in [0.29, 0.717) is 0 Å². The number of nitrogens with two attached hydrogens (primary N) is 1. The Labute approximate surface area is 155 Å². The Morgan fingerprint density at radius 2 is 2.07 bits per heavy atom. The molecular weight excluding hydrogens is 424 g/mol. The van der Waals surface area contributed by atoms with E-state index < -0.39 is 52.2 Å². The third kappa shape index (κ3) is 4.33. The van der Waals surface area contributed by atoms with Gasteiger partial charge in [-0.05, 0) is 0 Å². The summed E-state index contributed by atoms with van der Waals surface area (Å²) in [6.45, 7) is 0.934. The molecule has 0 aromatic carbocycles. The van der Waals surface area contributed by atoms with Crippen molar-refractivity contribution in [2.75, 3.05) is 12.3 Å². The number of aromatic amines is 1. The van der Waals surface area contributed by atoms with E-state index >= 15 is 0 Å². The van der Waals surface area contributed by atoms with Crippen LogP contribution in [0.15, 0.2) is 11.1 Å². The van der Waals surface area contributed by atoms with Crippen LogP contribution in [0.25, 0.3) is 11.2 Å². The van der Waals surface area contributed by atoms with Gasteiger partial charge >= 0.3 is 15.6 Å². The second-order valence-corrected chi connectivity index (χ2v) is 8.86. The van der Waals surface area contributed by atoms with Crippen molar-refractivity contribution in [1.29, 1.82) is 0 Å². The molecule has 1 aliphatic heterocycles. The molecule has 15 nitrogen and oxygen atoms in total. The summed E-state index contributed by atoms with van der Waals surface area (Å²) < 4.78 is 37.4. The average Bonchev–Trinajstić information content (AvgIpc) is 3.06. The minimum Gasteiger partial charge on any atom is -0.388 e. The number of nitrogens with one attached hydrogen (secondary N) is 1. The molecule has 3 heterocycles. The lowest BCUT2D eigenvalue weighted by atomic mass is 10.0. The molecule has 1 saturated heterocycles. The van der Waals surface area contributed by atoms with Crippen molar-refractivity contribution >= 4 is 32.8 Å². The number of hydrogen-bond acceptors (Lipinski definition) is 10. The summed E-state index contributed by atoms with van der Waals surface area (Å²) in [5.41, 5.74) is 4.95. The van der Waals surface area contributed by atoms with Gasteiger partial charge in [-0.3, -0.25) is 18.9 Å². The molecule has 0 spiro atoms. The lowest BCUT2D eigenvalue weighted by molar-refractivity contribution is -0.0485. The number of nitrogen functional groups attached to an aromatic ring is 1. The van der Waals surface area contributed by atoms with Crippen molar-refractivity contribution in [3.8, 4) is 0 Å². The van der Waals surface area contributed by atoms with Crippen LogP contribution < -0.4 is 11.3 Å². The highest BCUT2D eigenvalue weighted by Gasteiger charge is 2.44. The van der Waals surface area contributed by atoms with Gasteiger partial charge < -0.3 is 30.3 Å². The molecule has 2 aromatic rings. The number of aromatic nitrogens is 4. The smallest absolute Gasteiger partial charge is 0.388 e. The zero-order valence-corrected chi connectivity index (χ0v) is 15.9. The lowest BCUT2D eigenvalue weighted by Gasteiger charge is -2.18. The molecule has 0 bridgehead atoms. The van der Waals surface area contributed by atoms with Crippen molar-refractivity contribution in [1.82, 2.24) is 19.5 Å². The molecule has 1 unspecified atom stereocenters. The van der Waals surface area contributed by atoms with Crippen LogP contribution in [0.1, 0.15) is 13.2 Å². The highest BCUT2D eigenvalue weighted by molar-refractivity contribution is 7.60. The van der Waals surface area contributed by atoms with Crippen LogP contribution in [-0.4, -0.2) is 58.1 Å². The Morgan fingerprint density at radius 3 is 2.71 bits per heavy atom. The average molecular weight is 441 g/mol.